The molecule has 2 rings (SSSR count). The molecule has 0 aromatic heterocycles. The number of hydrogen-bond donors (Lipinski definition) is 3. The minimum atomic E-state index is -0.344. The van der Waals surface area contributed by atoms with Gasteiger partial charge in [0.25, 0.3) is 0 Å². The molecule has 2 aromatic carbocycles. The minimum Gasteiger partial charge on any atom is -0.493 e. The first-order chi connectivity index (χ1) is 12.6. The predicted octanol–water partition coefficient (Wildman–Crippen LogP) is 2.53. The zero-order valence-corrected chi connectivity index (χ0v) is 14.9. The molecule has 0 bridgehead atoms. The molecule has 0 aliphatic carbocycles. The van der Waals surface area contributed by atoms with Gasteiger partial charge in [-0.1, -0.05) is 24.3 Å². The van der Waals surface area contributed by atoms with E-state index in [1.807, 2.05) is 30.3 Å². The van der Waals surface area contributed by atoms with Crippen LogP contribution in [0.1, 0.15) is 12.0 Å². The van der Waals surface area contributed by atoms with Crippen LogP contribution in [0.15, 0.2) is 48.5 Å². The van der Waals surface area contributed by atoms with Gasteiger partial charge in [0, 0.05) is 25.2 Å². The highest BCUT2D eigenvalue weighted by Gasteiger charge is 2.07. The van der Waals surface area contributed by atoms with Crippen LogP contribution in [0.4, 0.5) is 10.5 Å². The number of rotatable bonds is 8. The predicted molar refractivity (Wildman–Crippen MR) is 99.5 cm³/mol. The highest BCUT2D eigenvalue weighted by Crippen LogP contribution is 2.27. The molecular formula is C19H23N3O4. The number of methoxy groups -OCH3 is 2. The van der Waals surface area contributed by atoms with Crippen molar-refractivity contribution in [3.05, 3.63) is 54.1 Å². The van der Waals surface area contributed by atoms with Gasteiger partial charge in [-0.3, -0.25) is 4.79 Å². The summed E-state index contributed by atoms with van der Waals surface area (Å²) in [6.07, 6.45) is 0.190. The van der Waals surface area contributed by atoms with Gasteiger partial charge in [-0.25, -0.2) is 4.79 Å². The largest absolute Gasteiger partial charge is 0.493 e. The number of para-hydroxylation sites is 1. The normalized spacial score (nSPS) is 9.92. The molecule has 7 nitrogen and oxygen atoms in total. The van der Waals surface area contributed by atoms with Crippen molar-refractivity contribution in [2.45, 2.75) is 13.0 Å². The summed E-state index contributed by atoms with van der Waals surface area (Å²) in [6, 6.07) is 14.2. The second kappa shape index (κ2) is 9.93. The van der Waals surface area contributed by atoms with E-state index in [0.717, 1.165) is 5.56 Å². The van der Waals surface area contributed by atoms with Crippen molar-refractivity contribution in [1.82, 2.24) is 10.6 Å². The third-order valence-electron chi connectivity index (χ3n) is 3.61. The van der Waals surface area contributed by atoms with Crippen LogP contribution < -0.4 is 25.4 Å². The van der Waals surface area contributed by atoms with Gasteiger partial charge in [-0.05, 0) is 29.8 Å². The first-order valence-corrected chi connectivity index (χ1v) is 8.20. The molecule has 0 radical (unpaired) electrons. The van der Waals surface area contributed by atoms with Crippen LogP contribution in [-0.4, -0.2) is 32.7 Å². The molecule has 3 N–H and O–H groups in total. The van der Waals surface area contributed by atoms with Crippen LogP contribution in [0.5, 0.6) is 11.5 Å². The van der Waals surface area contributed by atoms with Crippen molar-refractivity contribution in [3.63, 3.8) is 0 Å². The maximum absolute atomic E-state index is 11.9. The van der Waals surface area contributed by atoms with E-state index in [1.54, 1.807) is 32.4 Å². The average molecular weight is 357 g/mol. The number of amides is 3. The molecule has 26 heavy (non-hydrogen) atoms. The lowest BCUT2D eigenvalue weighted by molar-refractivity contribution is -0.121. The van der Waals surface area contributed by atoms with Gasteiger partial charge in [0.05, 0.1) is 14.2 Å². The standard InChI is InChI=1S/C19H23N3O4/c1-25-16-9-8-14(12-17(16)26-2)13-21-18(23)10-11-20-19(24)22-15-6-4-3-5-7-15/h3-9,12H,10-11,13H2,1-2H3,(H,21,23)(H2,20,22,24). The number of anilines is 1. The summed E-state index contributed by atoms with van der Waals surface area (Å²) in [4.78, 5) is 23.6. The van der Waals surface area contributed by atoms with E-state index in [0.29, 0.717) is 23.7 Å². The van der Waals surface area contributed by atoms with E-state index in [9.17, 15) is 9.59 Å². The highest BCUT2D eigenvalue weighted by atomic mass is 16.5. The highest BCUT2D eigenvalue weighted by molar-refractivity contribution is 5.89. The Bertz CT molecular complexity index is 735. The molecular weight excluding hydrogens is 334 g/mol. The van der Waals surface area contributed by atoms with E-state index in [-0.39, 0.29) is 24.9 Å². The van der Waals surface area contributed by atoms with Gasteiger partial charge in [-0.15, -0.1) is 0 Å². The number of carbonyl (C=O) groups excluding carboxylic acids is 2. The van der Waals surface area contributed by atoms with Crippen molar-refractivity contribution in [3.8, 4) is 11.5 Å². The first-order valence-electron chi connectivity index (χ1n) is 8.20. The molecule has 3 amide bonds. The average Bonchev–Trinajstić information content (AvgIpc) is 2.66. The molecule has 0 unspecified atom stereocenters. The van der Waals surface area contributed by atoms with Gasteiger partial charge < -0.3 is 25.4 Å². The minimum absolute atomic E-state index is 0.153. The van der Waals surface area contributed by atoms with Gasteiger partial charge in [0.2, 0.25) is 5.91 Å². The molecule has 138 valence electrons. The third kappa shape index (κ3) is 6.01. The van der Waals surface area contributed by atoms with Crippen LogP contribution in [0.3, 0.4) is 0 Å². The summed E-state index contributed by atoms with van der Waals surface area (Å²) in [5.41, 5.74) is 1.59. The fourth-order valence-electron chi connectivity index (χ4n) is 2.27. The van der Waals surface area contributed by atoms with E-state index in [4.69, 9.17) is 9.47 Å². The summed E-state index contributed by atoms with van der Waals surface area (Å²) < 4.78 is 10.4. The Morgan fingerprint density at radius 3 is 2.35 bits per heavy atom. The lowest BCUT2D eigenvalue weighted by Crippen LogP contribution is -2.33. The molecule has 0 fully saturated rings. The fourth-order valence-corrected chi connectivity index (χ4v) is 2.27. The quantitative estimate of drug-likeness (QED) is 0.677. The van der Waals surface area contributed by atoms with Gasteiger partial charge in [0.1, 0.15) is 0 Å². The number of carbonyl (C=O) groups is 2. The molecule has 0 aliphatic heterocycles. The van der Waals surface area contributed by atoms with Crippen LogP contribution in [0.25, 0.3) is 0 Å². The maximum Gasteiger partial charge on any atom is 0.319 e. The van der Waals surface area contributed by atoms with Crippen LogP contribution >= 0.6 is 0 Å². The van der Waals surface area contributed by atoms with Crippen molar-refractivity contribution in [2.75, 3.05) is 26.1 Å². The van der Waals surface area contributed by atoms with Crippen molar-refractivity contribution < 1.29 is 19.1 Å². The number of nitrogens with one attached hydrogen (secondary N) is 3. The SMILES string of the molecule is COc1ccc(CNC(=O)CCNC(=O)Nc2ccccc2)cc1OC. The second-order valence-electron chi connectivity index (χ2n) is 5.46. The van der Waals surface area contributed by atoms with E-state index in [1.165, 1.54) is 0 Å². The maximum atomic E-state index is 11.9. The molecule has 2 aromatic rings. The summed E-state index contributed by atoms with van der Waals surface area (Å²) in [5, 5.41) is 8.14. The van der Waals surface area contributed by atoms with Crippen LogP contribution in [0, 0.1) is 0 Å². The molecule has 7 heteroatoms. The molecule has 0 heterocycles. The zero-order chi connectivity index (χ0) is 18.8. The Labute approximate surface area is 152 Å². The number of benzene rings is 2. The van der Waals surface area contributed by atoms with E-state index in [2.05, 4.69) is 16.0 Å². The zero-order valence-electron chi connectivity index (χ0n) is 14.9. The Morgan fingerprint density at radius 1 is 0.923 bits per heavy atom. The third-order valence-corrected chi connectivity index (χ3v) is 3.61. The van der Waals surface area contributed by atoms with Crippen LogP contribution in [0.2, 0.25) is 0 Å². The van der Waals surface area contributed by atoms with E-state index >= 15 is 0 Å². The monoisotopic (exact) mass is 357 g/mol. The Morgan fingerprint density at radius 2 is 1.65 bits per heavy atom. The van der Waals surface area contributed by atoms with Gasteiger partial charge in [0.15, 0.2) is 11.5 Å². The van der Waals surface area contributed by atoms with Crippen LogP contribution in [-0.2, 0) is 11.3 Å². The lowest BCUT2D eigenvalue weighted by Gasteiger charge is -2.11. The fraction of sp³-hybridized carbons (Fsp3) is 0.263. The topological polar surface area (TPSA) is 88.7 Å². The Hall–Kier alpha value is -3.22. The summed E-state index contributed by atoms with van der Waals surface area (Å²) in [5.74, 6) is 1.09. The first kappa shape index (κ1) is 19.1. The molecule has 0 aliphatic rings. The molecule has 0 spiro atoms. The van der Waals surface area contributed by atoms with Crippen molar-refractivity contribution >= 4 is 17.6 Å². The van der Waals surface area contributed by atoms with E-state index < -0.39 is 0 Å². The Kier molecular flexibility index (Phi) is 7.30. The Balaban J connectivity index is 1.70. The van der Waals surface area contributed by atoms with Gasteiger partial charge in [-0.2, -0.15) is 0 Å². The molecule has 0 atom stereocenters. The number of urea groups is 1. The van der Waals surface area contributed by atoms with Crippen molar-refractivity contribution in [1.29, 1.82) is 0 Å². The summed E-state index contributed by atoms with van der Waals surface area (Å²) >= 11 is 0. The second-order valence-corrected chi connectivity index (χ2v) is 5.46. The summed E-state index contributed by atoms with van der Waals surface area (Å²) in [6.45, 7) is 0.617. The van der Waals surface area contributed by atoms with Gasteiger partial charge >= 0.3 is 6.03 Å². The number of ether oxygens (including phenoxy) is 2. The smallest absolute Gasteiger partial charge is 0.319 e. The molecule has 0 saturated carbocycles. The summed E-state index contributed by atoms with van der Waals surface area (Å²) in [7, 11) is 3.13. The number of hydrogen-bond acceptors (Lipinski definition) is 4. The lowest BCUT2D eigenvalue weighted by atomic mass is 10.2. The molecule has 0 saturated heterocycles. The van der Waals surface area contributed by atoms with Crippen molar-refractivity contribution in [2.24, 2.45) is 0 Å².